The van der Waals surface area contributed by atoms with E-state index in [1.165, 1.54) is 26.2 Å². The Hall–Kier alpha value is -1.93. The van der Waals surface area contributed by atoms with Gasteiger partial charge in [0.15, 0.2) is 6.54 Å². The number of halogens is 1. The molecule has 1 unspecified atom stereocenters. The fourth-order valence-electron chi connectivity index (χ4n) is 2.60. The van der Waals surface area contributed by atoms with Gasteiger partial charge >= 0.3 is 0 Å². The molecule has 0 saturated heterocycles. The number of rotatable bonds is 7. The Morgan fingerprint density at radius 3 is 2.48 bits per heavy atom. The molecule has 8 heteroatoms. The van der Waals surface area contributed by atoms with E-state index in [1.807, 2.05) is 38.2 Å². The minimum atomic E-state index is -3.56. The lowest BCUT2D eigenvalue weighted by atomic mass is 10.2. The lowest BCUT2D eigenvalue weighted by molar-refractivity contribution is -0.885. The van der Waals surface area contributed by atoms with E-state index < -0.39 is 10.0 Å². The van der Waals surface area contributed by atoms with Crippen molar-refractivity contribution in [2.45, 2.75) is 18.4 Å². The number of carbonyl (C=O) groups excluding carboxylic acids is 1. The van der Waals surface area contributed by atoms with Gasteiger partial charge in [-0.15, -0.1) is 0 Å². The molecule has 2 aromatic rings. The van der Waals surface area contributed by atoms with Gasteiger partial charge in [0.25, 0.3) is 5.91 Å². The zero-order valence-corrected chi connectivity index (χ0v) is 17.5. The van der Waals surface area contributed by atoms with Crippen molar-refractivity contribution in [2.75, 3.05) is 33.0 Å². The summed E-state index contributed by atoms with van der Waals surface area (Å²) in [5.41, 5.74) is 2.26. The third-order valence-electron chi connectivity index (χ3n) is 4.17. The van der Waals surface area contributed by atoms with E-state index in [1.54, 1.807) is 6.07 Å². The Morgan fingerprint density at radius 2 is 1.85 bits per heavy atom. The molecule has 0 aromatic heterocycles. The number of carbonyl (C=O) groups is 1. The molecule has 27 heavy (non-hydrogen) atoms. The number of hydrogen-bond acceptors (Lipinski definition) is 3. The first-order valence-corrected chi connectivity index (χ1v) is 10.3. The second-order valence-corrected chi connectivity index (χ2v) is 9.27. The highest BCUT2D eigenvalue weighted by atomic mass is 35.5. The first-order valence-electron chi connectivity index (χ1n) is 8.49. The predicted molar refractivity (Wildman–Crippen MR) is 108 cm³/mol. The largest absolute Gasteiger partial charge is 0.326 e. The second kappa shape index (κ2) is 8.84. The van der Waals surface area contributed by atoms with Crippen LogP contribution in [0.2, 0.25) is 5.02 Å². The average Bonchev–Trinajstić information content (AvgIpc) is 2.58. The second-order valence-electron chi connectivity index (χ2n) is 6.71. The summed E-state index contributed by atoms with van der Waals surface area (Å²) in [4.78, 5) is 13.5. The molecule has 0 heterocycles. The van der Waals surface area contributed by atoms with Crippen molar-refractivity contribution in [3.63, 3.8) is 0 Å². The molecule has 6 nitrogen and oxygen atoms in total. The molecule has 0 radical (unpaired) electrons. The van der Waals surface area contributed by atoms with Crippen LogP contribution < -0.4 is 10.2 Å². The van der Waals surface area contributed by atoms with E-state index in [-0.39, 0.29) is 17.3 Å². The highest BCUT2D eigenvalue weighted by molar-refractivity contribution is 7.89. The zero-order valence-electron chi connectivity index (χ0n) is 15.9. The SMILES string of the molecule is Cc1ccc(S(=O)(=O)N(C)C)cc1NC(=O)C[NH+](C)Cc1ccccc1Cl. The third-order valence-corrected chi connectivity index (χ3v) is 6.35. The number of amides is 1. The van der Waals surface area contributed by atoms with Crippen LogP contribution in [0.1, 0.15) is 11.1 Å². The summed E-state index contributed by atoms with van der Waals surface area (Å²) >= 11 is 6.17. The van der Waals surface area contributed by atoms with Crippen molar-refractivity contribution in [3.05, 3.63) is 58.6 Å². The van der Waals surface area contributed by atoms with Gasteiger partial charge in [0.05, 0.1) is 11.9 Å². The fourth-order valence-corrected chi connectivity index (χ4v) is 3.74. The average molecular weight is 411 g/mol. The summed E-state index contributed by atoms with van der Waals surface area (Å²) < 4.78 is 25.7. The zero-order chi connectivity index (χ0) is 20.2. The topological polar surface area (TPSA) is 70.9 Å². The fraction of sp³-hybridized carbons (Fsp3) is 0.316. The van der Waals surface area contributed by atoms with E-state index in [0.29, 0.717) is 17.3 Å². The Labute approximate surface area is 165 Å². The number of nitrogens with one attached hydrogen (secondary N) is 2. The number of anilines is 1. The van der Waals surface area contributed by atoms with Gasteiger partial charge in [0, 0.05) is 30.4 Å². The lowest BCUT2D eigenvalue weighted by Gasteiger charge is -2.16. The van der Waals surface area contributed by atoms with Gasteiger partial charge < -0.3 is 10.2 Å². The van der Waals surface area contributed by atoms with Gasteiger partial charge in [0.1, 0.15) is 6.54 Å². The molecule has 1 amide bonds. The van der Waals surface area contributed by atoms with Crippen LogP contribution in [-0.2, 0) is 21.4 Å². The van der Waals surface area contributed by atoms with Crippen molar-refractivity contribution in [1.82, 2.24) is 4.31 Å². The van der Waals surface area contributed by atoms with E-state index in [0.717, 1.165) is 20.3 Å². The number of quaternary nitrogens is 1. The maximum Gasteiger partial charge on any atom is 0.279 e. The van der Waals surface area contributed by atoms with Gasteiger partial charge in [-0.1, -0.05) is 35.9 Å². The van der Waals surface area contributed by atoms with Crippen molar-refractivity contribution in [2.24, 2.45) is 0 Å². The first-order chi connectivity index (χ1) is 12.6. The predicted octanol–water partition coefficient (Wildman–Crippen LogP) is 1.55. The van der Waals surface area contributed by atoms with Crippen LogP contribution in [0, 0.1) is 6.92 Å². The standard InChI is InChI=1S/C19H24ClN3O3S/c1-14-9-10-16(27(25,26)22(2)3)11-18(14)21-19(24)13-23(4)12-15-7-5-6-8-17(15)20/h5-11H,12-13H2,1-4H3,(H,21,24)/p+1. The van der Waals surface area contributed by atoms with Crippen molar-refractivity contribution in [3.8, 4) is 0 Å². The van der Waals surface area contributed by atoms with Crippen LogP contribution in [0.25, 0.3) is 0 Å². The molecule has 0 aliphatic carbocycles. The highest BCUT2D eigenvalue weighted by Crippen LogP contribution is 2.21. The van der Waals surface area contributed by atoms with Gasteiger partial charge in [-0.3, -0.25) is 4.79 Å². The maximum absolute atomic E-state index is 12.4. The van der Waals surface area contributed by atoms with Gasteiger partial charge in [0.2, 0.25) is 10.0 Å². The molecule has 2 rings (SSSR count). The molecule has 0 fully saturated rings. The van der Waals surface area contributed by atoms with E-state index in [9.17, 15) is 13.2 Å². The molecule has 2 aromatic carbocycles. The van der Waals surface area contributed by atoms with Crippen LogP contribution in [0.3, 0.4) is 0 Å². The van der Waals surface area contributed by atoms with E-state index in [4.69, 9.17) is 11.6 Å². The minimum absolute atomic E-state index is 0.144. The summed E-state index contributed by atoms with van der Waals surface area (Å²) in [6, 6.07) is 12.3. The van der Waals surface area contributed by atoms with Gasteiger partial charge in [-0.05, 0) is 30.7 Å². The number of benzene rings is 2. The maximum atomic E-state index is 12.4. The summed E-state index contributed by atoms with van der Waals surface area (Å²) in [6.07, 6.45) is 0. The number of sulfonamides is 1. The van der Waals surface area contributed by atoms with Crippen LogP contribution in [0.4, 0.5) is 5.69 Å². The number of aryl methyl sites for hydroxylation is 1. The summed E-state index contributed by atoms with van der Waals surface area (Å²) in [5.74, 6) is -0.193. The molecule has 1 atom stereocenters. The molecular weight excluding hydrogens is 386 g/mol. The third kappa shape index (κ3) is 5.52. The smallest absolute Gasteiger partial charge is 0.279 e. The molecule has 0 saturated carbocycles. The first kappa shape index (κ1) is 21.4. The van der Waals surface area contributed by atoms with Crippen molar-refractivity contribution in [1.29, 1.82) is 0 Å². The Kier molecular flexibility index (Phi) is 7.00. The molecule has 0 bridgehead atoms. The molecule has 0 aliphatic heterocycles. The van der Waals surface area contributed by atoms with Crippen LogP contribution in [0.15, 0.2) is 47.4 Å². The molecule has 0 spiro atoms. The van der Waals surface area contributed by atoms with Crippen LogP contribution in [-0.4, -0.2) is 46.3 Å². The number of likely N-dealkylation sites (N-methyl/N-ethyl adjacent to an activating group) is 1. The quantitative estimate of drug-likeness (QED) is 0.727. The minimum Gasteiger partial charge on any atom is -0.326 e. The Morgan fingerprint density at radius 1 is 1.19 bits per heavy atom. The van der Waals surface area contributed by atoms with Crippen molar-refractivity contribution < 1.29 is 18.1 Å². The Balaban J connectivity index is 2.08. The lowest BCUT2D eigenvalue weighted by Crippen LogP contribution is -3.08. The van der Waals surface area contributed by atoms with Crippen LogP contribution >= 0.6 is 11.6 Å². The van der Waals surface area contributed by atoms with E-state index in [2.05, 4.69) is 5.32 Å². The highest BCUT2D eigenvalue weighted by Gasteiger charge is 2.19. The molecule has 0 aliphatic rings. The number of nitrogens with zero attached hydrogens (tertiary/aromatic N) is 1. The molecule has 2 N–H and O–H groups in total. The van der Waals surface area contributed by atoms with Crippen molar-refractivity contribution >= 4 is 33.2 Å². The van der Waals surface area contributed by atoms with Crippen LogP contribution in [0.5, 0.6) is 0 Å². The normalized spacial score (nSPS) is 12.8. The van der Waals surface area contributed by atoms with Gasteiger partial charge in [-0.2, -0.15) is 0 Å². The van der Waals surface area contributed by atoms with Gasteiger partial charge in [-0.25, -0.2) is 12.7 Å². The summed E-state index contributed by atoms with van der Waals surface area (Å²) in [6.45, 7) is 2.67. The monoisotopic (exact) mass is 410 g/mol. The number of hydrogen-bond donors (Lipinski definition) is 2. The summed E-state index contributed by atoms with van der Waals surface area (Å²) in [5, 5.41) is 3.49. The molecule has 146 valence electrons. The molecular formula is C19H25ClN3O3S+. The summed E-state index contributed by atoms with van der Waals surface area (Å²) in [7, 11) is 1.29. The Bertz CT molecular complexity index is 930. The van der Waals surface area contributed by atoms with E-state index >= 15 is 0 Å².